The maximum atomic E-state index is 13.8. The van der Waals surface area contributed by atoms with E-state index in [9.17, 15) is 39.3 Å². The monoisotopic (exact) mass is 551 g/mol. The molecule has 1 heterocycles. The molecular weight excluding hydrogens is 516 g/mol. The molecule has 2 aliphatic rings. The number of rotatable bonds is 10. The molecule has 40 heavy (non-hydrogen) atoms. The first-order valence-electron chi connectivity index (χ1n) is 13.6. The van der Waals surface area contributed by atoms with Crippen molar-refractivity contribution >= 4 is 36.2 Å². The van der Waals surface area contributed by atoms with Crippen LogP contribution in [0.4, 0.5) is 10.1 Å². The lowest BCUT2D eigenvalue weighted by Crippen LogP contribution is -2.39. The third kappa shape index (κ3) is 5.76. The van der Waals surface area contributed by atoms with Gasteiger partial charge in [-0.3, -0.25) is 14.5 Å². The summed E-state index contributed by atoms with van der Waals surface area (Å²) in [6.45, 7) is 3.46. The number of phenolic OH excluding ortho intramolecular Hbond substituents is 1. The summed E-state index contributed by atoms with van der Waals surface area (Å²) >= 11 is 0. The largest absolute Gasteiger partial charge is 0.505 e. The summed E-state index contributed by atoms with van der Waals surface area (Å²) in [5.74, 6) is -4.30. The number of aliphatic hydroxyl groups is 2. The number of carbonyl (C=O) groups excluding carboxylic acids is 2. The first-order chi connectivity index (χ1) is 19.1. The Morgan fingerprint density at radius 1 is 1.15 bits per heavy atom. The first-order valence-corrected chi connectivity index (χ1v) is 13.6. The second-order valence-corrected chi connectivity index (χ2v) is 10.4. The average molecular weight is 551 g/mol. The molecule has 212 valence electrons. The number of nitrogens with zero attached hydrogens (tertiary/aromatic N) is 1. The number of aliphatic hydroxyl groups excluding tert-OH is 2. The summed E-state index contributed by atoms with van der Waals surface area (Å²) in [5, 5.41) is 50.4. The second kappa shape index (κ2) is 12.5. The molecular formula is C30H35BFNO7. The summed E-state index contributed by atoms with van der Waals surface area (Å²) < 4.78 is 13.8. The molecule has 10 heteroatoms. The summed E-state index contributed by atoms with van der Waals surface area (Å²) in [5.41, 5.74) is 3.37. The molecule has 8 nitrogen and oxygen atoms in total. The van der Waals surface area contributed by atoms with E-state index < -0.39 is 61.0 Å². The van der Waals surface area contributed by atoms with Gasteiger partial charge in [-0.1, -0.05) is 49.3 Å². The summed E-state index contributed by atoms with van der Waals surface area (Å²) in [4.78, 5) is 28.2. The Balaban J connectivity index is 1.58. The predicted molar refractivity (Wildman–Crippen MR) is 150 cm³/mol. The van der Waals surface area contributed by atoms with Crippen LogP contribution in [-0.4, -0.2) is 57.0 Å². The van der Waals surface area contributed by atoms with Gasteiger partial charge in [0.25, 0.3) is 0 Å². The van der Waals surface area contributed by atoms with Crippen LogP contribution in [0.25, 0.3) is 6.08 Å². The van der Waals surface area contributed by atoms with Crippen molar-refractivity contribution in [2.75, 3.05) is 11.5 Å². The van der Waals surface area contributed by atoms with Crippen LogP contribution in [0, 0.1) is 23.6 Å². The number of phenols is 1. The van der Waals surface area contributed by atoms with Gasteiger partial charge in [0, 0.05) is 5.92 Å². The minimum absolute atomic E-state index is 0.144. The number of aromatic hydroxyl groups is 1. The Kier molecular flexibility index (Phi) is 9.25. The van der Waals surface area contributed by atoms with E-state index in [4.69, 9.17) is 0 Å². The van der Waals surface area contributed by atoms with Crippen LogP contribution in [-0.2, 0) is 9.59 Å². The Bertz CT molecular complexity index is 1340. The minimum Gasteiger partial charge on any atom is -0.505 e. The van der Waals surface area contributed by atoms with Crippen molar-refractivity contribution in [3.05, 3.63) is 70.6 Å². The smallest absolute Gasteiger partial charge is 0.488 e. The van der Waals surface area contributed by atoms with Gasteiger partial charge < -0.3 is 25.4 Å². The van der Waals surface area contributed by atoms with Gasteiger partial charge in [-0.15, -0.1) is 0 Å². The number of benzene rings is 2. The molecule has 0 unspecified atom stereocenters. The number of allylic oxidation sites excluding steroid dienone is 2. The number of imide groups is 1. The maximum Gasteiger partial charge on any atom is 0.488 e. The van der Waals surface area contributed by atoms with Crippen LogP contribution >= 0.6 is 0 Å². The molecule has 0 saturated carbocycles. The summed E-state index contributed by atoms with van der Waals surface area (Å²) in [6, 6.07) is 10.1. The maximum absolute atomic E-state index is 13.8. The molecule has 5 N–H and O–H groups in total. The quantitative estimate of drug-likeness (QED) is 0.174. The number of anilines is 1. The van der Waals surface area contributed by atoms with Gasteiger partial charge in [-0.05, 0) is 73.0 Å². The van der Waals surface area contributed by atoms with Crippen LogP contribution in [0.3, 0.4) is 0 Å². The SMILES string of the molecule is CCC1=C([C@H](O)CC/C(=C/c2ccc(O)c(F)c2)CC)[C@H](CO)[C@@H]2C(=O)N(c3cccc(B(O)O)c3)C(=O)[C@@H]2C1. The number of hydrogen-bond donors (Lipinski definition) is 5. The second-order valence-electron chi connectivity index (χ2n) is 10.4. The fraction of sp³-hybridized carbons (Fsp3) is 0.400. The highest BCUT2D eigenvalue weighted by atomic mass is 19.1. The van der Waals surface area contributed by atoms with Gasteiger partial charge in [0.15, 0.2) is 11.6 Å². The van der Waals surface area contributed by atoms with Crippen LogP contribution < -0.4 is 10.4 Å². The normalized spacial score (nSPS) is 22.1. The fourth-order valence-electron chi connectivity index (χ4n) is 6.05. The molecule has 0 radical (unpaired) electrons. The van der Waals surface area contributed by atoms with E-state index in [0.29, 0.717) is 36.8 Å². The topological polar surface area (TPSA) is 139 Å². The van der Waals surface area contributed by atoms with Crippen LogP contribution in [0.2, 0.25) is 0 Å². The Hall–Kier alpha value is -3.31. The molecule has 2 amide bonds. The van der Waals surface area contributed by atoms with Crippen molar-refractivity contribution in [2.45, 2.75) is 52.1 Å². The zero-order chi connectivity index (χ0) is 29.1. The lowest BCUT2D eigenvalue weighted by atomic mass is 9.67. The van der Waals surface area contributed by atoms with Crippen molar-refractivity contribution in [2.24, 2.45) is 17.8 Å². The van der Waals surface area contributed by atoms with E-state index in [-0.39, 0.29) is 17.6 Å². The number of amides is 2. The van der Waals surface area contributed by atoms with E-state index in [2.05, 4.69) is 0 Å². The number of hydrogen-bond acceptors (Lipinski definition) is 7. The minimum atomic E-state index is -1.76. The van der Waals surface area contributed by atoms with E-state index in [1.165, 1.54) is 30.3 Å². The Morgan fingerprint density at radius 2 is 1.90 bits per heavy atom. The number of halogens is 1. The van der Waals surface area contributed by atoms with Crippen LogP contribution in [0.15, 0.2) is 59.2 Å². The molecule has 1 aliphatic heterocycles. The summed E-state index contributed by atoms with van der Waals surface area (Å²) in [7, 11) is -1.76. The highest BCUT2D eigenvalue weighted by Crippen LogP contribution is 2.47. The fourth-order valence-corrected chi connectivity index (χ4v) is 6.05. The number of carbonyl (C=O) groups is 2. The van der Waals surface area contributed by atoms with Crippen molar-refractivity contribution in [3.8, 4) is 5.75 Å². The predicted octanol–water partition coefficient (Wildman–Crippen LogP) is 2.67. The lowest BCUT2D eigenvalue weighted by Gasteiger charge is -2.36. The third-order valence-electron chi connectivity index (χ3n) is 8.13. The van der Waals surface area contributed by atoms with E-state index >= 15 is 0 Å². The van der Waals surface area contributed by atoms with Crippen molar-refractivity contribution in [3.63, 3.8) is 0 Å². The van der Waals surface area contributed by atoms with E-state index in [1.54, 1.807) is 12.1 Å². The van der Waals surface area contributed by atoms with Crippen molar-refractivity contribution < 1.29 is 39.3 Å². The van der Waals surface area contributed by atoms with Gasteiger partial charge in [0.05, 0.1) is 30.2 Å². The van der Waals surface area contributed by atoms with Crippen LogP contribution in [0.5, 0.6) is 5.75 Å². The molecule has 0 aromatic heterocycles. The molecule has 1 saturated heterocycles. The molecule has 0 bridgehead atoms. The van der Waals surface area contributed by atoms with Crippen molar-refractivity contribution in [1.29, 1.82) is 0 Å². The van der Waals surface area contributed by atoms with Gasteiger partial charge in [0.1, 0.15) is 0 Å². The first kappa shape index (κ1) is 29.7. The molecule has 2 aromatic carbocycles. The molecule has 4 rings (SSSR count). The van der Waals surface area contributed by atoms with Gasteiger partial charge in [0.2, 0.25) is 11.8 Å². The van der Waals surface area contributed by atoms with E-state index in [0.717, 1.165) is 16.0 Å². The highest BCUT2D eigenvalue weighted by molar-refractivity contribution is 6.58. The average Bonchev–Trinajstić information content (AvgIpc) is 3.20. The third-order valence-corrected chi connectivity index (χ3v) is 8.13. The molecule has 0 spiro atoms. The van der Waals surface area contributed by atoms with Gasteiger partial charge in [-0.25, -0.2) is 4.39 Å². The van der Waals surface area contributed by atoms with Crippen LogP contribution in [0.1, 0.15) is 51.5 Å². The number of fused-ring (bicyclic) bond motifs is 1. The van der Waals surface area contributed by atoms with E-state index in [1.807, 2.05) is 19.9 Å². The summed E-state index contributed by atoms with van der Waals surface area (Å²) in [6.07, 6.45) is 3.16. The highest BCUT2D eigenvalue weighted by Gasteiger charge is 2.55. The molecule has 1 fully saturated rings. The van der Waals surface area contributed by atoms with Gasteiger partial charge in [-0.2, -0.15) is 0 Å². The van der Waals surface area contributed by atoms with Crippen molar-refractivity contribution in [1.82, 2.24) is 0 Å². The Labute approximate surface area is 233 Å². The molecule has 4 atom stereocenters. The Morgan fingerprint density at radius 3 is 2.52 bits per heavy atom. The lowest BCUT2D eigenvalue weighted by molar-refractivity contribution is -0.123. The zero-order valence-electron chi connectivity index (χ0n) is 22.6. The van der Waals surface area contributed by atoms with Gasteiger partial charge >= 0.3 is 7.12 Å². The molecule has 1 aliphatic carbocycles. The zero-order valence-corrected chi connectivity index (χ0v) is 22.6. The standard InChI is InChI=1S/C30H35BFNO7/c1-3-17(12-18-9-10-25(35)24(32)13-18)8-11-26(36)27-19(4-2)14-22-28(23(27)16-34)30(38)33(29(22)37)21-7-5-6-20(15-21)31(39)40/h5-7,9-10,12-13,15,22-23,26,28,34-36,39-40H,3-4,8,11,14,16H2,1-2H3/b17-12+/t22-,23+,26-,28-/m1/s1. The molecule has 2 aromatic rings.